The molecule has 1 aromatic heterocycles. The number of anilines is 1. The van der Waals surface area contributed by atoms with E-state index in [1.54, 1.807) is 0 Å². The van der Waals surface area contributed by atoms with Gasteiger partial charge in [-0.2, -0.15) is 0 Å². The number of hydrogen-bond donors (Lipinski definition) is 1. The number of hydrogen-bond acceptors (Lipinski definition) is 3. The highest BCUT2D eigenvalue weighted by molar-refractivity contribution is 5.38. The van der Waals surface area contributed by atoms with Crippen LogP contribution in [0.2, 0.25) is 0 Å². The van der Waals surface area contributed by atoms with Crippen LogP contribution in [0.1, 0.15) is 41.4 Å². The summed E-state index contributed by atoms with van der Waals surface area (Å²) in [7, 11) is 1.91. The molecule has 1 fully saturated rings. The molecular formula is C16H19N3. The molecule has 1 aromatic carbocycles. The summed E-state index contributed by atoms with van der Waals surface area (Å²) < 4.78 is 0. The van der Waals surface area contributed by atoms with Crippen LogP contribution in [0.3, 0.4) is 0 Å². The average molecular weight is 253 g/mol. The molecule has 19 heavy (non-hydrogen) atoms. The van der Waals surface area contributed by atoms with Gasteiger partial charge in [-0.25, -0.2) is 9.97 Å². The van der Waals surface area contributed by atoms with Crippen molar-refractivity contribution in [3.05, 3.63) is 53.0 Å². The summed E-state index contributed by atoms with van der Waals surface area (Å²) in [6.07, 6.45) is 3.34. The zero-order valence-corrected chi connectivity index (χ0v) is 11.5. The summed E-state index contributed by atoms with van der Waals surface area (Å²) in [5.74, 6) is 2.51. The molecular weight excluding hydrogens is 234 g/mol. The fourth-order valence-corrected chi connectivity index (χ4v) is 2.29. The summed E-state index contributed by atoms with van der Waals surface area (Å²) in [5.41, 5.74) is 3.80. The lowest BCUT2D eigenvalue weighted by molar-refractivity contribution is 0.898. The number of benzene rings is 1. The Bertz CT molecular complexity index is 588. The van der Waals surface area contributed by atoms with Gasteiger partial charge in [-0.15, -0.1) is 0 Å². The van der Waals surface area contributed by atoms with Crippen LogP contribution in [-0.2, 0) is 6.42 Å². The second kappa shape index (κ2) is 5.00. The van der Waals surface area contributed by atoms with Crippen molar-refractivity contribution >= 4 is 5.82 Å². The van der Waals surface area contributed by atoms with Gasteiger partial charge in [0.15, 0.2) is 0 Å². The molecule has 1 heterocycles. The number of nitrogens with one attached hydrogen (secondary N) is 1. The minimum atomic E-state index is 0.658. The fourth-order valence-electron chi connectivity index (χ4n) is 2.29. The Morgan fingerprint density at radius 1 is 1.21 bits per heavy atom. The lowest BCUT2D eigenvalue weighted by Gasteiger charge is -2.09. The smallest absolute Gasteiger partial charge is 0.135 e. The van der Waals surface area contributed by atoms with Crippen LogP contribution < -0.4 is 5.32 Å². The molecule has 0 amide bonds. The zero-order valence-electron chi connectivity index (χ0n) is 11.5. The van der Waals surface area contributed by atoms with Gasteiger partial charge >= 0.3 is 0 Å². The van der Waals surface area contributed by atoms with Gasteiger partial charge in [0.05, 0.1) is 0 Å². The van der Waals surface area contributed by atoms with Gasteiger partial charge in [-0.05, 0) is 30.9 Å². The third-order valence-electron chi connectivity index (χ3n) is 3.65. The highest BCUT2D eigenvalue weighted by atomic mass is 15.0. The topological polar surface area (TPSA) is 37.8 Å². The molecule has 3 heteroatoms. The van der Waals surface area contributed by atoms with E-state index in [2.05, 4.69) is 47.6 Å². The van der Waals surface area contributed by atoms with Crippen molar-refractivity contribution in [1.82, 2.24) is 9.97 Å². The van der Waals surface area contributed by atoms with Crippen molar-refractivity contribution in [2.45, 2.75) is 32.1 Å². The average Bonchev–Trinajstić information content (AvgIpc) is 3.25. The molecule has 2 aromatic rings. The van der Waals surface area contributed by atoms with Crippen LogP contribution in [0, 0.1) is 6.92 Å². The van der Waals surface area contributed by atoms with Gasteiger partial charge in [-0.3, -0.25) is 0 Å². The van der Waals surface area contributed by atoms with E-state index < -0.39 is 0 Å². The largest absolute Gasteiger partial charge is 0.373 e. The zero-order chi connectivity index (χ0) is 13.2. The van der Waals surface area contributed by atoms with Gasteiger partial charge in [0, 0.05) is 31.1 Å². The Balaban J connectivity index is 1.91. The summed E-state index contributed by atoms with van der Waals surface area (Å²) >= 11 is 0. The standard InChI is InChI=1S/C16H19N3/c1-11-5-3-4-6-13(11)9-16-18-14(12-7-8-12)10-15(17-2)19-16/h3-6,10,12H,7-9H2,1-2H3,(H,17,18,19). The molecule has 0 atom stereocenters. The lowest BCUT2D eigenvalue weighted by atomic mass is 10.1. The molecule has 0 aliphatic heterocycles. The Morgan fingerprint density at radius 3 is 2.68 bits per heavy atom. The summed E-state index contributed by atoms with van der Waals surface area (Å²) in [6.45, 7) is 2.14. The van der Waals surface area contributed by atoms with Gasteiger partial charge in [-0.1, -0.05) is 24.3 Å². The highest BCUT2D eigenvalue weighted by Gasteiger charge is 2.26. The van der Waals surface area contributed by atoms with Crippen molar-refractivity contribution in [2.75, 3.05) is 12.4 Å². The maximum Gasteiger partial charge on any atom is 0.135 e. The van der Waals surface area contributed by atoms with Crippen LogP contribution in [-0.4, -0.2) is 17.0 Å². The first kappa shape index (κ1) is 12.2. The van der Waals surface area contributed by atoms with E-state index in [9.17, 15) is 0 Å². The molecule has 1 saturated carbocycles. The van der Waals surface area contributed by atoms with Crippen LogP contribution >= 0.6 is 0 Å². The van der Waals surface area contributed by atoms with E-state index >= 15 is 0 Å². The van der Waals surface area contributed by atoms with Crippen molar-refractivity contribution in [1.29, 1.82) is 0 Å². The van der Waals surface area contributed by atoms with Gasteiger partial charge in [0.1, 0.15) is 11.6 Å². The third kappa shape index (κ3) is 2.75. The fraction of sp³-hybridized carbons (Fsp3) is 0.375. The van der Waals surface area contributed by atoms with Crippen LogP contribution in [0.25, 0.3) is 0 Å². The molecule has 0 bridgehead atoms. The van der Waals surface area contributed by atoms with E-state index in [1.165, 1.54) is 29.7 Å². The number of nitrogens with zero attached hydrogens (tertiary/aromatic N) is 2. The number of rotatable bonds is 4. The normalized spacial score (nSPS) is 14.4. The Labute approximate surface area is 114 Å². The quantitative estimate of drug-likeness (QED) is 0.908. The first-order valence-electron chi connectivity index (χ1n) is 6.86. The first-order valence-corrected chi connectivity index (χ1v) is 6.86. The summed E-state index contributed by atoms with van der Waals surface area (Å²) in [5, 5.41) is 3.14. The molecule has 1 aliphatic rings. The molecule has 3 rings (SSSR count). The summed E-state index contributed by atoms with van der Waals surface area (Å²) in [6, 6.07) is 10.5. The molecule has 0 radical (unpaired) electrons. The van der Waals surface area contributed by atoms with E-state index in [0.717, 1.165) is 18.1 Å². The predicted octanol–water partition coefficient (Wildman–Crippen LogP) is 3.29. The SMILES string of the molecule is CNc1cc(C2CC2)nc(Cc2ccccc2C)n1. The number of aryl methyl sites for hydroxylation is 1. The third-order valence-corrected chi connectivity index (χ3v) is 3.65. The van der Waals surface area contributed by atoms with Gasteiger partial charge < -0.3 is 5.32 Å². The van der Waals surface area contributed by atoms with Crippen molar-refractivity contribution < 1.29 is 0 Å². The van der Waals surface area contributed by atoms with Crippen molar-refractivity contribution in [3.8, 4) is 0 Å². The molecule has 0 unspecified atom stereocenters. The van der Waals surface area contributed by atoms with Crippen LogP contribution in [0.5, 0.6) is 0 Å². The lowest BCUT2D eigenvalue weighted by Crippen LogP contribution is -2.04. The second-order valence-electron chi connectivity index (χ2n) is 5.22. The van der Waals surface area contributed by atoms with Crippen LogP contribution in [0.15, 0.2) is 30.3 Å². The number of aromatic nitrogens is 2. The second-order valence-corrected chi connectivity index (χ2v) is 5.22. The Kier molecular flexibility index (Phi) is 3.20. The van der Waals surface area contributed by atoms with Gasteiger partial charge in [0.2, 0.25) is 0 Å². The van der Waals surface area contributed by atoms with E-state index in [0.29, 0.717) is 5.92 Å². The maximum atomic E-state index is 4.73. The van der Waals surface area contributed by atoms with E-state index in [1.807, 2.05) is 7.05 Å². The van der Waals surface area contributed by atoms with E-state index in [4.69, 9.17) is 4.98 Å². The molecule has 0 spiro atoms. The molecule has 98 valence electrons. The molecule has 3 nitrogen and oxygen atoms in total. The van der Waals surface area contributed by atoms with E-state index in [-0.39, 0.29) is 0 Å². The van der Waals surface area contributed by atoms with Gasteiger partial charge in [0.25, 0.3) is 0 Å². The Morgan fingerprint density at radius 2 is 2.00 bits per heavy atom. The molecule has 1 N–H and O–H groups in total. The minimum Gasteiger partial charge on any atom is -0.373 e. The molecule has 1 aliphatic carbocycles. The molecule has 0 saturated heterocycles. The summed E-state index contributed by atoms with van der Waals surface area (Å²) in [4.78, 5) is 9.30. The minimum absolute atomic E-state index is 0.658. The van der Waals surface area contributed by atoms with Crippen molar-refractivity contribution in [3.63, 3.8) is 0 Å². The predicted molar refractivity (Wildman–Crippen MR) is 77.5 cm³/mol. The Hall–Kier alpha value is -1.90. The van der Waals surface area contributed by atoms with Crippen molar-refractivity contribution in [2.24, 2.45) is 0 Å². The maximum absolute atomic E-state index is 4.73. The first-order chi connectivity index (χ1) is 9.26. The highest BCUT2D eigenvalue weighted by Crippen LogP contribution is 2.39. The van der Waals surface area contributed by atoms with Crippen LogP contribution in [0.4, 0.5) is 5.82 Å². The monoisotopic (exact) mass is 253 g/mol.